The highest BCUT2D eigenvalue weighted by Crippen LogP contribution is 2.28. The van der Waals surface area contributed by atoms with E-state index in [0.29, 0.717) is 17.5 Å². The summed E-state index contributed by atoms with van der Waals surface area (Å²) in [5.74, 6) is 1.30. The molecule has 0 spiro atoms. The Kier molecular flexibility index (Phi) is 4.05. The van der Waals surface area contributed by atoms with Gasteiger partial charge in [-0.05, 0) is 18.3 Å². The van der Waals surface area contributed by atoms with Gasteiger partial charge in [-0.25, -0.2) is 4.98 Å². The molecule has 0 aliphatic carbocycles. The van der Waals surface area contributed by atoms with Gasteiger partial charge in [0.05, 0.1) is 5.88 Å². The maximum atomic E-state index is 11.4. The molecule has 1 aliphatic heterocycles. The third-order valence-electron chi connectivity index (χ3n) is 3.04. The van der Waals surface area contributed by atoms with Crippen LogP contribution >= 0.6 is 22.9 Å². The summed E-state index contributed by atoms with van der Waals surface area (Å²) < 4.78 is 0. The first-order chi connectivity index (χ1) is 8.10. The summed E-state index contributed by atoms with van der Waals surface area (Å²) in [4.78, 5) is 18.1. The maximum absolute atomic E-state index is 11.4. The fraction of sp³-hybridized carbons (Fsp3) is 0.667. The van der Waals surface area contributed by atoms with E-state index in [2.05, 4.69) is 23.7 Å². The van der Waals surface area contributed by atoms with Crippen molar-refractivity contribution in [3.05, 3.63) is 11.1 Å². The highest BCUT2D eigenvalue weighted by atomic mass is 35.5. The van der Waals surface area contributed by atoms with Crippen LogP contribution in [0.1, 0.15) is 30.8 Å². The van der Waals surface area contributed by atoms with Gasteiger partial charge in [0.1, 0.15) is 5.69 Å². The third kappa shape index (κ3) is 2.99. The molecule has 2 rings (SSSR count). The largest absolute Gasteiger partial charge is 0.348 e. The molecule has 1 aromatic heterocycles. The fourth-order valence-corrected chi connectivity index (χ4v) is 3.41. The molecule has 0 radical (unpaired) electrons. The predicted octanol–water partition coefficient (Wildman–Crippen LogP) is 3.05. The van der Waals surface area contributed by atoms with Crippen LogP contribution in [-0.4, -0.2) is 29.7 Å². The number of anilines is 1. The van der Waals surface area contributed by atoms with Gasteiger partial charge < -0.3 is 4.90 Å². The molecule has 5 heteroatoms. The lowest BCUT2D eigenvalue weighted by Crippen LogP contribution is -2.38. The maximum Gasteiger partial charge on any atom is 0.196 e. The molecule has 94 valence electrons. The van der Waals surface area contributed by atoms with Crippen molar-refractivity contribution >= 4 is 33.9 Å². The number of rotatable bonds is 3. The molecule has 1 aromatic rings. The molecular formula is C12H17ClN2OS. The van der Waals surface area contributed by atoms with Crippen LogP contribution in [0.2, 0.25) is 0 Å². The van der Waals surface area contributed by atoms with Crippen LogP contribution in [0.15, 0.2) is 5.38 Å². The van der Waals surface area contributed by atoms with E-state index in [-0.39, 0.29) is 11.7 Å². The molecule has 2 unspecified atom stereocenters. The van der Waals surface area contributed by atoms with E-state index < -0.39 is 0 Å². The molecule has 1 fully saturated rings. The normalized spacial score (nSPS) is 25.0. The van der Waals surface area contributed by atoms with Crippen molar-refractivity contribution in [2.45, 2.75) is 20.3 Å². The van der Waals surface area contributed by atoms with Crippen molar-refractivity contribution in [3.63, 3.8) is 0 Å². The van der Waals surface area contributed by atoms with Gasteiger partial charge in [-0.15, -0.1) is 22.9 Å². The standard InChI is InChI=1S/C12H17ClN2OS/c1-8-3-9(2)6-15(5-8)12-14-10(7-17-12)11(16)4-13/h7-9H,3-6H2,1-2H3. The molecule has 3 nitrogen and oxygen atoms in total. The topological polar surface area (TPSA) is 33.2 Å². The summed E-state index contributed by atoms with van der Waals surface area (Å²) in [5, 5.41) is 2.76. The van der Waals surface area contributed by atoms with Gasteiger partial charge in [0.15, 0.2) is 10.9 Å². The SMILES string of the molecule is CC1CC(C)CN(c2nc(C(=O)CCl)cs2)C1. The molecule has 1 saturated heterocycles. The Morgan fingerprint density at radius 1 is 1.53 bits per heavy atom. The molecule has 1 aliphatic rings. The second kappa shape index (κ2) is 5.36. The van der Waals surface area contributed by atoms with E-state index in [1.165, 1.54) is 17.8 Å². The van der Waals surface area contributed by atoms with E-state index in [1.54, 1.807) is 0 Å². The first kappa shape index (κ1) is 12.8. The predicted molar refractivity (Wildman–Crippen MR) is 72.3 cm³/mol. The van der Waals surface area contributed by atoms with Crippen molar-refractivity contribution in [1.29, 1.82) is 0 Å². The Labute approximate surface area is 111 Å². The number of nitrogens with zero attached hydrogens (tertiary/aromatic N) is 2. The molecule has 0 amide bonds. The first-order valence-corrected chi connectivity index (χ1v) is 7.31. The van der Waals surface area contributed by atoms with Gasteiger partial charge in [0.25, 0.3) is 0 Å². The van der Waals surface area contributed by atoms with Gasteiger partial charge in [-0.1, -0.05) is 13.8 Å². The summed E-state index contributed by atoms with van der Waals surface area (Å²) in [7, 11) is 0. The zero-order valence-corrected chi connectivity index (χ0v) is 11.7. The van der Waals surface area contributed by atoms with E-state index in [1.807, 2.05) is 5.38 Å². The minimum absolute atomic E-state index is 0.00990. The van der Waals surface area contributed by atoms with Crippen LogP contribution in [0.5, 0.6) is 0 Å². The molecule has 2 atom stereocenters. The van der Waals surface area contributed by atoms with Gasteiger partial charge in [0.2, 0.25) is 0 Å². The van der Waals surface area contributed by atoms with Crippen LogP contribution in [-0.2, 0) is 0 Å². The van der Waals surface area contributed by atoms with Crippen molar-refractivity contribution in [2.75, 3.05) is 23.9 Å². The van der Waals surface area contributed by atoms with Gasteiger partial charge in [0, 0.05) is 18.5 Å². The molecular weight excluding hydrogens is 256 g/mol. The number of hydrogen-bond donors (Lipinski definition) is 0. The summed E-state index contributed by atoms with van der Waals surface area (Å²) >= 11 is 7.07. The second-order valence-electron chi connectivity index (χ2n) is 4.92. The van der Waals surface area contributed by atoms with Crippen molar-refractivity contribution in [2.24, 2.45) is 11.8 Å². The fourth-order valence-electron chi connectivity index (χ4n) is 2.43. The number of thiazole rings is 1. The third-order valence-corrected chi connectivity index (χ3v) is 4.18. The van der Waals surface area contributed by atoms with Crippen molar-refractivity contribution in [3.8, 4) is 0 Å². The molecule has 0 N–H and O–H groups in total. The Morgan fingerprint density at radius 2 is 2.18 bits per heavy atom. The van der Waals surface area contributed by atoms with Crippen molar-refractivity contribution < 1.29 is 4.79 Å². The van der Waals surface area contributed by atoms with Crippen molar-refractivity contribution in [1.82, 2.24) is 4.98 Å². The van der Waals surface area contributed by atoms with Crippen LogP contribution in [0, 0.1) is 11.8 Å². The summed E-state index contributed by atoms with van der Waals surface area (Å²) in [6, 6.07) is 0. The Balaban J connectivity index is 2.11. The summed E-state index contributed by atoms with van der Waals surface area (Å²) in [6.07, 6.45) is 1.27. The number of halogens is 1. The average molecular weight is 273 g/mol. The van der Waals surface area contributed by atoms with E-state index in [0.717, 1.165) is 18.2 Å². The monoisotopic (exact) mass is 272 g/mol. The van der Waals surface area contributed by atoms with E-state index in [9.17, 15) is 4.79 Å². The molecule has 2 heterocycles. The minimum Gasteiger partial charge on any atom is -0.348 e. The number of carbonyl (C=O) groups excluding carboxylic acids is 1. The average Bonchev–Trinajstić information content (AvgIpc) is 2.76. The first-order valence-electron chi connectivity index (χ1n) is 5.89. The number of piperidine rings is 1. The van der Waals surface area contributed by atoms with Crippen LogP contribution in [0.4, 0.5) is 5.13 Å². The summed E-state index contributed by atoms with van der Waals surface area (Å²) in [5.41, 5.74) is 0.505. The lowest BCUT2D eigenvalue weighted by Gasteiger charge is -2.34. The van der Waals surface area contributed by atoms with E-state index in [4.69, 9.17) is 11.6 Å². The Hall–Kier alpha value is -0.610. The smallest absolute Gasteiger partial charge is 0.196 e. The Bertz CT molecular complexity index is 397. The molecule has 0 saturated carbocycles. The Morgan fingerprint density at radius 3 is 2.76 bits per heavy atom. The van der Waals surface area contributed by atoms with Crippen LogP contribution < -0.4 is 4.90 Å². The number of Topliss-reactive ketones (excluding diaryl/α,β-unsaturated/α-hetero) is 1. The number of aromatic nitrogens is 1. The molecule has 0 bridgehead atoms. The van der Waals surface area contributed by atoms with Gasteiger partial charge >= 0.3 is 0 Å². The van der Waals surface area contributed by atoms with E-state index >= 15 is 0 Å². The zero-order chi connectivity index (χ0) is 12.4. The number of carbonyl (C=O) groups is 1. The highest BCUT2D eigenvalue weighted by Gasteiger charge is 2.24. The molecule has 0 aromatic carbocycles. The van der Waals surface area contributed by atoms with Gasteiger partial charge in [-0.3, -0.25) is 4.79 Å². The zero-order valence-electron chi connectivity index (χ0n) is 10.1. The lowest BCUT2D eigenvalue weighted by molar-refractivity contribution is 0.101. The second-order valence-corrected chi connectivity index (χ2v) is 6.03. The minimum atomic E-state index is -0.0905. The number of alkyl halides is 1. The summed E-state index contributed by atoms with van der Waals surface area (Å²) in [6.45, 7) is 6.60. The quantitative estimate of drug-likeness (QED) is 0.626. The lowest BCUT2D eigenvalue weighted by atomic mass is 9.92. The van der Waals surface area contributed by atoms with Gasteiger partial charge in [-0.2, -0.15) is 0 Å². The van der Waals surface area contributed by atoms with Crippen LogP contribution in [0.3, 0.4) is 0 Å². The highest BCUT2D eigenvalue weighted by molar-refractivity contribution is 7.14. The molecule has 17 heavy (non-hydrogen) atoms. The number of ketones is 1. The number of hydrogen-bond acceptors (Lipinski definition) is 4. The van der Waals surface area contributed by atoms with Crippen LogP contribution in [0.25, 0.3) is 0 Å².